The Morgan fingerprint density at radius 3 is 2.57 bits per heavy atom. The van der Waals surface area contributed by atoms with E-state index in [4.69, 9.17) is 4.74 Å². The number of nitrogens with zero attached hydrogens (tertiary/aromatic N) is 1. The van der Waals surface area contributed by atoms with Crippen LogP contribution in [-0.2, 0) is 13.1 Å². The zero-order valence-corrected chi connectivity index (χ0v) is 14.3. The van der Waals surface area contributed by atoms with E-state index in [0.717, 1.165) is 29.5 Å². The molecule has 3 nitrogen and oxygen atoms in total. The first kappa shape index (κ1) is 16.0. The van der Waals surface area contributed by atoms with E-state index in [2.05, 4.69) is 48.6 Å². The van der Waals surface area contributed by atoms with Crippen LogP contribution in [0.15, 0.2) is 17.5 Å². The number of aryl methyl sites for hydroxylation is 2. The Kier molecular flexibility index (Phi) is 5.37. The molecule has 0 saturated heterocycles. The third-order valence-electron chi connectivity index (χ3n) is 3.60. The maximum atomic E-state index is 5.49. The molecule has 4 heteroatoms. The van der Waals surface area contributed by atoms with Gasteiger partial charge >= 0.3 is 0 Å². The standard InChI is InChI=1S/C17H24N2OS/c1-11(2)16-7-14(12(3)6-17(16)20-5)8-18-9-15-10-21-13(4)19-15/h6-7,10-11,18H,8-9H2,1-5H3. The molecule has 0 atom stereocenters. The van der Waals surface area contributed by atoms with E-state index >= 15 is 0 Å². The second kappa shape index (κ2) is 7.05. The summed E-state index contributed by atoms with van der Waals surface area (Å²) in [4.78, 5) is 4.47. The summed E-state index contributed by atoms with van der Waals surface area (Å²) < 4.78 is 5.49. The van der Waals surface area contributed by atoms with Crippen LogP contribution >= 0.6 is 11.3 Å². The van der Waals surface area contributed by atoms with Gasteiger partial charge in [-0.1, -0.05) is 19.9 Å². The molecule has 0 saturated carbocycles. The van der Waals surface area contributed by atoms with Crippen molar-refractivity contribution < 1.29 is 4.74 Å². The van der Waals surface area contributed by atoms with Crippen LogP contribution < -0.4 is 10.1 Å². The van der Waals surface area contributed by atoms with E-state index in [1.54, 1.807) is 18.4 Å². The molecule has 2 aromatic rings. The van der Waals surface area contributed by atoms with Crippen molar-refractivity contribution in [2.24, 2.45) is 0 Å². The number of nitrogens with one attached hydrogen (secondary N) is 1. The lowest BCUT2D eigenvalue weighted by atomic mass is 9.96. The van der Waals surface area contributed by atoms with E-state index in [-0.39, 0.29) is 0 Å². The predicted octanol–water partition coefficient (Wildman–Crippen LogP) is 4.18. The summed E-state index contributed by atoms with van der Waals surface area (Å²) in [7, 11) is 1.74. The van der Waals surface area contributed by atoms with Gasteiger partial charge in [-0.3, -0.25) is 0 Å². The van der Waals surface area contributed by atoms with E-state index in [1.807, 2.05) is 6.92 Å². The number of benzene rings is 1. The lowest BCUT2D eigenvalue weighted by Crippen LogP contribution is -2.14. The fourth-order valence-electron chi connectivity index (χ4n) is 2.38. The molecule has 0 amide bonds. The summed E-state index contributed by atoms with van der Waals surface area (Å²) >= 11 is 1.70. The lowest BCUT2D eigenvalue weighted by molar-refractivity contribution is 0.407. The van der Waals surface area contributed by atoms with Gasteiger partial charge in [0.1, 0.15) is 5.75 Å². The molecule has 0 aliphatic heterocycles. The van der Waals surface area contributed by atoms with Crippen molar-refractivity contribution in [3.8, 4) is 5.75 Å². The second-order valence-corrected chi connectivity index (χ2v) is 6.70. The Hall–Kier alpha value is -1.39. The third kappa shape index (κ3) is 4.05. The van der Waals surface area contributed by atoms with Crippen molar-refractivity contribution >= 4 is 11.3 Å². The molecule has 1 aromatic heterocycles. The minimum absolute atomic E-state index is 0.459. The second-order valence-electron chi connectivity index (χ2n) is 5.64. The quantitative estimate of drug-likeness (QED) is 0.869. The molecule has 0 radical (unpaired) electrons. The molecular formula is C17H24N2OS. The van der Waals surface area contributed by atoms with Crippen molar-refractivity contribution in [2.75, 3.05) is 7.11 Å². The summed E-state index contributed by atoms with van der Waals surface area (Å²) in [5, 5.41) is 6.71. The highest BCUT2D eigenvalue weighted by atomic mass is 32.1. The molecule has 0 spiro atoms. The molecular weight excluding hydrogens is 280 g/mol. The van der Waals surface area contributed by atoms with Crippen LogP contribution in [0.2, 0.25) is 0 Å². The molecule has 1 heterocycles. The SMILES string of the molecule is COc1cc(C)c(CNCc2csc(C)n2)cc1C(C)C. The van der Waals surface area contributed by atoms with Crippen molar-refractivity contribution in [2.45, 2.75) is 46.7 Å². The van der Waals surface area contributed by atoms with Gasteiger partial charge in [0.15, 0.2) is 0 Å². The van der Waals surface area contributed by atoms with Crippen LogP contribution in [0.5, 0.6) is 5.75 Å². The van der Waals surface area contributed by atoms with Crippen molar-refractivity contribution in [1.82, 2.24) is 10.3 Å². The van der Waals surface area contributed by atoms with Gasteiger partial charge in [-0.25, -0.2) is 4.98 Å². The number of rotatable bonds is 6. The molecule has 21 heavy (non-hydrogen) atoms. The molecule has 1 aromatic carbocycles. The zero-order valence-electron chi connectivity index (χ0n) is 13.5. The van der Waals surface area contributed by atoms with Crippen molar-refractivity contribution in [1.29, 1.82) is 0 Å². The molecule has 0 aliphatic rings. The normalized spacial score (nSPS) is 11.1. The number of hydrogen-bond donors (Lipinski definition) is 1. The Morgan fingerprint density at radius 1 is 1.24 bits per heavy atom. The largest absolute Gasteiger partial charge is 0.496 e. The van der Waals surface area contributed by atoms with Gasteiger partial charge in [-0.2, -0.15) is 0 Å². The average molecular weight is 304 g/mol. The molecule has 1 N–H and O–H groups in total. The van der Waals surface area contributed by atoms with Crippen LogP contribution in [0, 0.1) is 13.8 Å². The van der Waals surface area contributed by atoms with E-state index in [9.17, 15) is 0 Å². The third-order valence-corrected chi connectivity index (χ3v) is 4.42. The zero-order chi connectivity index (χ0) is 15.4. The van der Waals surface area contributed by atoms with E-state index in [0.29, 0.717) is 5.92 Å². The molecule has 2 rings (SSSR count). The smallest absolute Gasteiger partial charge is 0.122 e. The minimum Gasteiger partial charge on any atom is -0.496 e. The highest BCUT2D eigenvalue weighted by molar-refractivity contribution is 7.09. The Balaban J connectivity index is 2.07. The number of aromatic nitrogens is 1. The van der Waals surface area contributed by atoms with Crippen LogP contribution in [-0.4, -0.2) is 12.1 Å². The van der Waals surface area contributed by atoms with Gasteiger partial charge < -0.3 is 10.1 Å². The summed E-state index contributed by atoms with van der Waals surface area (Å²) in [6.07, 6.45) is 0. The topological polar surface area (TPSA) is 34.1 Å². The fraction of sp³-hybridized carbons (Fsp3) is 0.471. The van der Waals surface area contributed by atoms with E-state index < -0.39 is 0 Å². The Morgan fingerprint density at radius 2 is 2.00 bits per heavy atom. The predicted molar refractivity (Wildman–Crippen MR) is 89.2 cm³/mol. The number of ether oxygens (including phenoxy) is 1. The Labute approximate surface area is 131 Å². The number of hydrogen-bond acceptors (Lipinski definition) is 4. The van der Waals surface area contributed by atoms with Crippen LogP contribution in [0.4, 0.5) is 0 Å². The van der Waals surface area contributed by atoms with Gasteiger partial charge in [0.25, 0.3) is 0 Å². The summed E-state index contributed by atoms with van der Waals surface area (Å²) in [5.74, 6) is 1.45. The first-order valence-electron chi connectivity index (χ1n) is 7.30. The summed E-state index contributed by atoms with van der Waals surface area (Å²) in [6, 6.07) is 4.40. The molecule has 0 fully saturated rings. The fourth-order valence-corrected chi connectivity index (χ4v) is 2.99. The first-order chi connectivity index (χ1) is 10.0. The van der Waals surface area contributed by atoms with Crippen LogP contribution in [0.25, 0.3) is 0 Å². The molecule has 0 bridgehead atoms. The van der Waals surface area contributed by atoms with Gasteiger partial charge in [-0.05, 0) is 42.5 Å². The molecule has 114 valence electrons. The Bertz CT molecular complexity index is 605. The summed E-state index contributed by atoms with van der Waals surface area (Å²) in [6.45, 7) is 10.2. The van der Waals surface area contributed by atoms with E-state index in [1.165, 1.54) is 16.7 Å². The number of methoxy groups -OCH3 is 1. The first-order valence-corrected chi connectivity index (χ1v) is 8.18. The summed E-state index contributed by atoms with van der Waals surface area (Å²) in [5.41, 5.74) is 4.97. The molecule has 0 unspecified atom stereocenters. The van der Waals surface area contributed by atoms with Gasteiger partial charge in [0.05, 0.1) is 17.8 Å². The maximum absolute atomic E-state index is 5.49. The highest BCUT2D eigenvalue weighted by Crippen LogP contribution is 2.29. The van der Waals surface area contributed by atoms with Crippen LogP contribution in [0.3, 0.4) is 0 Å². The maximum Gasteiger partial charge on any atom is 0.122 e. The van der Waals surface area contributed by atoms with Crippen molar-refractivity contribution in [3.05, 3.63) is 44.9 Å². The average Bonchev–Trinajstić information content (AvgIpc) is 2.85. The molecule has 0 aliphatic carbocycles. The minimum atomic E-state index is 0.459. The van der Waals surface area contributed by atoms with Crippen LogP contribution in [0.1, 0.15) is 47.2 Å². The monoisotopic (exact) mass is 304 g/mol. The lowest BCUT2D eigenvalue weighted by Gasteiger charge is -2.16. The van der Waals surface area contributed by atoms with Gasteiger partial charge in [0, 0.05) is 18.5 Å². The van der Waals surface area contributed by atoms with Crippen molar-refractivity contribution in [3.63, 3.8) is 0 Å². The number of thiazole rings is 1. The van der Waals surface area contributed by atoms with Gasteiger partial charge in [-0.15, -0.1) is 11.3 Å². The highest BCUT2D eigenvalue weighted by Gasteiger charge is 2.11. The van der Waals surface area contributed by atoms with Gasteiger partial charge in [0.2, 0.25) is 0 Å².